The minimum atomic E-state index is -3.75. The van der Waals surface area contributed by atoms with Crippen LogP contribution in [-0.4, -0.2) is 106 Å². The van der Waals surface area contributed by atoms with Crippen LogP contribution in [0.4, 0.5) is 0 Å². The third-order valence-corrected chi connectivity index (χ3v) is 7.73. The number of sulfonamides is 1. The summed E-state index contributed by atoms with van der Waals surface area (Å²) in [6, 6.07) is 4.47. The number of rotatable bonds is 6. The van der Waals surface area contributed by atoms with Gasteiger partial charge in [0, 0.05) is 58.9 Å². The van der Waals surface area contributed by atoms with Crippen LogP contribution in [0.3, 0.4) is 0 Å². The Labute approximate surface area is 184 Å². The van der Waals surface area contributed by atoms with E-state index in [0.29, 0.717) is 38.3 Å². The predicted molar refractivity (Wildman–Crippen MR) is 117 cm³/mol. The van der Waals surface area contributed by atoms with Crippen LogP contribution < -0.4 is 4.74 Å². The molecule has 0 saturated carbocycles. The van der Waals surface area contributed by atoms with Crippen LogP contribution in [-0.2, 0) is 14.8 Å². The molecule has 2 saturated heterocycles. The number of carbonyl (C=O) groups is 2. The second-order valence-electron chi connectivity index (χ2n) is 8.16. The molecule has 1 aromatic rings. The number of hydrogen-bond acceptors (Lipinski definition) is 6. The maximum absolute atomic E-state index is 13.0. The van der Waals surface area contributed by atoms with Crippen LogP contribution in [0, 0.1) is 0 Å². The quantitative estimate of drug-likeness (QED) is 0.632. The van der Waals surface area contributed by atoms with Crippen LogP contribution in [0.25, 0.3) is 0 Å². The van der Waals surface area contributed by atoms with Gasteiger partial charge in [0.05, 0.1) is 13.7 Å². The largest absolute Gasteiger partial charge is 0.495 e. The molecule has 31 heavy (non-hydrogen) atoms. The Morgan fingerprint density at radius 1 is 0.968 bits per heavy atom. The zero-order valence-corrected chi connectivity index (χ0v) is 19.4. The van der Waals surface area contributed by atoms with Crippen LogP contribution in [0.1, 0.15) is 29.6 Å². The van der Waals surface area contributed by atoms with Gasteiger partial charge in [-0.3, -0.25) is 14.5 Å². The number of methoxy groups -OCH3 is 1. The van der Waals surface area contributed by atoms with Gasteiger partial charge in [0.1, 0.15) is 10.6 Å². The number of nitrogens with zero attached hydrogens (tertiary/aromatic N) is 4. The first-order chi connectivity index (χ1) is 14.7. The monoisotopic (exact) mass is 452 g/mol. The fourth-order valence-corrected chi connectivity index (χ4v) is 5.01. The fourth-order valence-electron chi connectivity index (χ4n) is 3.93. The molecule has 2 aliphatic heterocycles. The molecular weight excluding hydrogens is 420 g/mol. The average Bonchev–Trinajstić information content (AvgIpc) is 2.79. The van der Waals surface area contributed by atoms with E-state index in [9.17, 15) is 18.0 Å². The summed E-state index contributed by atoms with van der Waals surface area (Å²) >= 11 is 0. The normalized spacial score (nSPS) is 18.3. The molecule has 0 radical (unpaired) electrons. The molecule has 0 bridgehead atoms. The standard InChI is InChI=1S/C21H32N4O5S/c1-22(2)31(28,29)19-15-17(7-8-18(19)30-3)21(27)25-13-11-23(12-14-25)16-20(26)24-9-5-4-6-10-24/h7-8,15H,4-6,9-14,16H2,1-3H3. The van der Waals surface area contributed by atoms with Gasteiger partial charge in [0.25, 0.3) is 5.91 Å². The van der Waals surface area contributed by atoms with Crippen molar-refractivity contribution in [1.82, 2.24) is 19.0 Å². The Kier molecular flexibility index (Phi) is 7.55. The maximum Gasteiger partial charge on any atom is 0.253 e. The summed E-state index contributed by atoms with van der Waals surface area (Å²) in [7, 11) is 0.523. The molecule has 2 amide bonds. The number of benzene rings is 1. The van der Waals surface area contributed by atoms with Gasteiger partial charge in [-0.2, -0.15) is 0 Å². The fraction of sp³-hybridized carbons (Fsp3) is 0.619. The van der Waals surface area contributed by atoms with Crippen molar-refractivity contribution in [3.05, 3.63) is 23.8 Å². The highest BCUT2D eigenvalue weighted by molar-refractivity contribution is 7.89. The Balaban J connectivity index is 1.63. The summed E-state index contributed by atoms with van der Waals surface area (Å²) in [4.78, 5) is 31.2. The van der Waals surface area contributed by atoms with Gasteiger partial charge in [0.2, 0.25) is 15.9 Å². The molecular formula is C21H32N4O5S. The minimum Gasteiger partial charge on any atom is -0.495 e. The van der Waals surface area contributed by atoms with E-state index in [1.54, 1.807) is 11.0 Å². The van der Waals surface area contributed by atoms with Crippen LogP contribution >= 0.6 is 0 Å². The van der Waals surface area contributed by atoms with E-state index < -0.39 is 10.0 Å². The van der Waals surface area contributed by atoms with Crippen LogP contribution in [0.15, 0.2) is 23.1 Å². The number of amides is 2. The zero-order chi connectivity index (χ0) is 22.6. The van der Waals surface area contributed by atoms with E-state index >= 15 is 0 Å². The van der Waals surface area contributed by atoms with Gasteiger partial charge in [0.15, 0.2) is 0 Å². The molecule has 10 heteroatoms. The Morgan fingerprint density at radius 3 is 2.19 bits per heavy atom. The van der Waals surface area contributed by atoms with Crippen molar-refractivity contribution >= 4 is 21.8 Å². The molecule has 0 aromatic heterocycles. The zero-order valence-electron chi connectivity index (χ0n) is 18.5. The van der Waals surface area contributed by atoms with Crippen molar-refractivity contribution in [2.45, 2.75) is 24.2 Å². The lowest BCUT2D eigenvalue weighted by atomic mass is 10.1. The van der Waals surface area contributed by atoms with E-state index in [4.69, 9.17) is 4.74 Å². The van der Waals surface area contributed by atoms with Gasteiger partial charge < -0.3 is 14.5 Å². The lowest BCUT2D eigenvalue weighted by molar-refractivity contribution is -0.133. The molecule has 0 atom stereocenters. The van der Waals surface area contributed by atoms with Gasteiger partial charge >= 0.3 is 0 Å². The number of ether oxygens (including phenoxy) is 1. The Hall–Kier alpha value is -2.17. The highest BCUT2D eigenvalue weighted by atomic mass is 32.2. The Morgan fingerprint density at radius 2 is 1.61 bits per heavy atom. The average molecular weight is 453 g/mol. The predicted octanol–water partition coefficient (Wildman–Crippen LogP) is 0.716. The third-order valence-electron chi connectivity index (χ3n) is 5.90. The molecule has 172 valence electrons. The number of piperazine rings is 1. The van der Waals surface area contributed by atoms with E-state index in [1.165, 1.54) is 39.8 Å². The summed E-state index contributed by atoms with van der Waals surface area (Å²) in [6.45, 7) is 4.28. The summed E-state index contributed by atoms with van der Waals surface area (Å²) in [5.41, 5.74) is 0.305. The van der Waals surface area contributed by atoms with Crippen molar-refractivity contribution in [1.29, 1.82) is 0 Å². The van der Waals surface area contributed by atoms with Gasteiger partial charge in [-0.25, -0.2) is 12.7 Å². The SMILES string of the molecule is COc1ccc(C(=O)N2CCN(CC(=O)N3CCCCC3)CC2)cc1S(=O)(=O)N(C)C. The lowest BCUT2D eigenvalue weighted by Gasteiger charge is -2.36. The van der Waals surface area contributed by atoms with Crippen molar-refractivity contribution < 1.29 is 22.7 Å². The minimum absolute atomic E-state index is 0.0309. The molecule has 0 spiro atoms. The second-order valence-corrected chi connectivity index (χ2v) is 10.3. The first kappa shape index (κ1) is 23.5. The van der Waals surface area contributed by atoms with Crippen molar-refractivity contribution in [2.75, 3.05) is 67.0 Å². The first-order valence-electron chi connectivity index (χ1n) is 10.6. The van der Waals surface area contributed by atoms with Crippen molar-refractivity contribution in [2.24, 2.45) is 0 Å². The third kappa shape index (κ3) is 5.36. The molecule has 3 rings (SSSR count). The van der Waals surface area contributed by atoms with E-state index in [-0.39, 0.29) is 22.5 Å². The molecule has 2 fully saturated rings. The lowest BCUT2D eigenvalue weighted by Crippen LogP contribution is -2.52. The summed E-state index contributed by atoms with van der Waals surface area (Å²) in [6.07, 6.45) is 3.33. The summed E-state index contributed by atoms with van der Waals surface area (Å²) < 4.78 is 31.5. The molecule has 2 heterocycles. The molecule has 1 aromatic carbocycles. The van der Waals surface area contributed by atoms with Crippen LogP contribution in [0.5, 0.6) is 5.75 Å². The maximum atomic E-state index is 13.0. The smallest absolute Gasteiger partial charge is 0.253 e. The number of likely N-dealkylation sites (tertiary alicyclic amines) is 1. The van der Waals surface area contributed by atoms with E-state index in [2.05, 4.69) is 4.90 Å². The molecule has 2 aliphatic rings. The molecule has 9 nitrogen and oxygen atoms in total. The Bertz CT molecular complexity index is 904. The number of hydrogen-bond donors (Lipinski definition) is 0. The molecule has 0 N–H and O–H groups in total. The van der Waals surface area contributed by atoms with Gasteiger partial charge in [-0.05, 0) is 37.5 Å². The van der Waals surface area contributed by atoms with Gasteiger partial charge in [-0.1, -0.05) is 0 Å². The van der Waals surface area contributed by atoms with Gasteiger partial charge in [-0.15, -0.1) is 0 Å². The highest BCUT2D eigenvalue weighted by Gasteiger charge is 2.28. The topological polar surface area (TPSA) is 90.5 Å². The second kappa shape index (κ2) is 9.97. The van der Waals surface area contributed by atoms with Crippen molar-refractivity contribution in [3.63, 3.8) is 0 Å². The van der Waals surface area contributed by atoms with Crippen LogP contribution in [0.2, 0.25) is 0 Å². The summed E-state index contributed by atoms with van der Waals surface area (Å²) in [5, 5.41) is 0. The number of carbonyl (C=O) groups excluding carboxylic acids is 2. The summed E-state index contributed by atoms with van der Waals surface area (Å²) in [5.74, 6) is 0.138. The number of piperidine rings is 1. The first-order valence-corrected chi connectivity index (χ1v) is 12.1. The highest BCUT2D eigenvalue weighted by Crippen LogP contribution is 2.27. The van der Waals surface area contributed by atoms with E-state index in [1.807, 2.05) is 4.90 Å². The molecule has 0 aliphatic carbocycles. The molecule has 0 unspecified atom stereocenters. The van der Waals surface area contributed by atoms with E-state index in [0.717, 1.165) is 30.2 Å². The van der Waals surface area contributed by atoms with Crippen molar-refractivity contribution in [3.8, 4) is 5.75 Å².